The van der Waals surface area contributed by atoms with Crippen LogP contribution in [0.2, 0.25) is 0 Å². The van der Waals surface area contributed by atoms with Gasteiger partial charge in [0.25, 0.3) is 0 Å². The van der Waals surface area contributed by atoms with Crippen LogP contribution in [0.4, 0.5) is 0 Å². The highest BCUT2D eigenvalue weighted by molar-refractivity contribution is 7.47. The van der Waals surface area contributed by atoms with Crippen molar-refractivity contribution in [3.05, 3.63) is 60.8 Å². The fourth-order valence-corrected chi connectivity index (χ4v) is 9.49. The predicted octanol–water partition coefficient (Wildman–Crippen LogP) is 15.9. The topological polar surface area (TPSA) is 231 Å². The normalized spacial score (nSPS) is 14.9. The fourth-order valence-electron chi connectivity index (χ4n) is 7.90. The van der Waals surface area contributed by atoms with Crippen molar-refractivity contribution in [2.45, 2.75) is 270 Å². The first-order valence-electron chi connectivity index (χ1n) is 30.6. The third kappa shape index (κ3) is 56.9. The highest BCUT2D eigenvalue weighted by Crippen LogP contribution is 2.45. The van der Waals surface area contributed by atoms with Gasteiger partial charge in [0.1, 0.15) is 25.4 Å². The third-order valence-corrected chi connectivity index (χ3v) is 14.6. The Bertz CT molecular complexity index is 1700. The Balaban J connectivity index is 4.60. The van der Waals surface area contributed by atoms with Gasteiger partial charge >= 0.3 is 33.6 Å². The number of aliphatic hydroxyl groups is 2. The maximum atomic E-state index is 12.8. The number of hydrogen-bond acceptors (Lipinski definition) is 14. The Morgan fingerprint density at radius 2 is 0.646 bits per heavy atom. The van der Waals surface area contributed by atoms with E-state index >= 15 is 0 Å². The van der Waals surface area contributed by atoms with Gasteiger partial charge in [-0.15, -0.1) is 0 Å². The minimum absolute atomic E-state index is 0.0943. The van der Waals surface area contributed by atoms with E-state index in [9.17, 15) is 43.5 Å². The first-order chi connectivity index (χ1) is 38.2. The summed E-state index contributed by atoms with van der Waals surface area (Å²) in [5.41, 5.74) is 0. The molecule has 5 atom stereocenters. The fraction of sp³-hybridized carbons (Fsp3) is 0.787. The van der Waals surface area contributed by atoms with E-state index in [1.54, 1.807) is 0 Å². The zero-order chi connectivity index (χ0) is 58.2. The summed E-state index contributed by atoms with van der Waals surface area (Å²) in [6, 6.07) is 0. The summed E-state index contributed by atoms with van der Waals surface area (Å²) in [7, 11) is -9.76. The van der Waals surface area contributed by atoms with E-state index < -0.39 is 91.5 Å². The Labute approximate surface area is 478 Å². The van der Waals surface area contributed by atoms with Gasteiger partial charge in [-0.1, -0.05) is 191 Å². The first kappa shape index (κ1) is 76.2. The molecular weight excluding hydrogens is 1050 g/mol. The molecule has 18 heteroatoms. The van der Waals surface area contributed by atoms with Crippen molar-refractivity contribution in [1.29, 1.82) is 0 Å². The molecule has 0 amide bonds. The zero-order valence-electron chi connectivity index (χ0n) is 49.3. The van der Waals surface area contributed by atoms with E-state index in [1.807, 2.05) is 0 Å². The van der Waals surface area contributed by atoms with Crippen LogP contribution < -0.4 is 0 Å². The molecular formula is C61H110O16P2. The molecule has 460 valence electrons. The summed E-state index contributed by atoms with van der Waals surface area (Å²) in [5, 5.41) is 20.4. The lowest BCUT2D eigenvalue weighted by Gasteiger charge is -2.21. The molecule has 16 nitrogen and oxygen atoms in total. The number of allylic oxidation sites excluding steroid dienone is 10. The van der Waals surface area contributed by atoms with Crippen molar-refractivity contribution in [1.82, 2.24) is 0 Å². The molecule has 0 saturated heterocycles. The van der Waals surface area contributed by atoms with Crippen molar-refractivity contribution in [2.24, 2.45) is 0 Å². The van der Waals surface area contributed by atoms with Crippen LogP contribution in [0.5, 0.6) is 0 Å². The molecule has 0 bridgehead atoms. The molecule has 0 aliphatic rings. The van der Waals surface area contributed by atoms with Crippen molar-refractivity contribution in [2.75, 3.05) is 39.6 Å². The Morgan fingerprint density at radius 3 is 1.08 bits per heavy atom. The summed E-state index contributed by atoms with van der Waals surface area (Å²) in [4.78, 5) is 58.0. The van der Waals surface area contributed by atoms with Gasteiger partial charge in [-0.25, -0.2) is 9.13 Å². The Hall–Kier alpha value is -2.75. The zero-order valence-corrected chi connectivity index (χ0v) is 51.1. The van der Waals surface area contributed by atoms with Crippen LogP contribution in [0.25, 0.3) is 0 Å². The monoisotopic (exact) mass is 1160 g/mol. The number of rotatable bonds is 58. The van der Waals surface area contributed by atoms with Crippen molar-refractivity contribution < 1.29 is 75.8 Å². The van der Waals surface area contributed by atoms with Gasteiger partial charge < -0.3 is 34.2 Å². The van der Waals surface area contributed by atoms with Crippen LogP contribution in [-0.2, 0) is 55.8 Å². The lowest BCUT2D eigenvalue weighted by molar-refractivity contribution is -0.161. The predicted molar refractivity (Wildman–Crippen MR) is 316 cm³/mol. The smallest absolute Gasteiger partial charge is 0.463 e. The summed E-state index contributed by atoms with van der Waals surface area (Å²) in [6.07, 6.45) is 52.9. The minimum atomic E-state index is -4.91. The molecule has 79 heavy (non-hydrogen) atoms. The van der Waals surface area contributed by atoms with Crippen LogP contribution in [0.3, 0.4) is 0 Å². The second-order valence-electron chi connectivity index (χ2n) is 20.5. The maximum absolute atomic E-state index is 12.8. The number of esters is 3. The number of hydrogen-bond donors (Lipinski definition) is 4. The lowest BCUT2D eigenvalue weighted by atomic mass is 10.1. The molecule has 5 unspecified atom stereocenters. The van der Waals surface area contributed by atoms with Gasteiger partial charge in [-0.2, -0.15) is 0 Å². The SMILES string of the molecule is CCCC/C=C\CCCCCCCC(=O)OC(COC(=O)CCCCCCC/C=C\CCCCCC)COP(=O)(O)OCC(O)COP(=O)(O)OCC(O)COC(=O)CCCCCCCC/C=C\C/C=C\C/C=C\CCCCC. The highest BCUT2D eigenvalue weighted by atomic mass is 31.2. The average Bonchev–Trinajstić information content (AvgIpc) is 3.42. The number of phosphoric acid groups is 2. The lowest BCUT2D eigenvalue weighted by Crippen LogP contribution is -2.30. The molecule has 0 heterocycles. The number of ether oxygens (including phenoxy) is 3. The van der Waals surface area contributed by atoms with E-state index in [0.29, 0.717) is 19.3 Å². The number of carbonyl (C=O) groups is 3. The second-order valence-corrected chi connectivity index (χ2v) is 23.4. The van der Waals surface area contributed by atoms with Gasteiger partial charge in [0, 0.05) is 19.3 Å². The Morgan fingerprint density at radius 1 is 0.354 bits per heavy atom. The first-order valence-corrected chi connectivity index (χ1v) is 33.6. The van der Waals surface area contributed by atoms with Crippen LogP contribution >= 0.6 is 15.6 Å². The molecule has 0 radical (unpaired) electrons. The van der Waals surface area contributed by atoms with E-state index in [4.69, 9.17) is 32.3 Å². The third-order valence-electron chi connectivity index (χ3n) is 12.7. The van der Waals surface area contributed by atoms with Gasteiger partial charge in [-0.3, -0.25) is 32.5 Å². The quantitative estimate of drug-likeness (QED) is 0.0146. The standard InChI is InChI=1S/C61H110O16P2/c1-4-7-10-13-16-19-22-24-25-26-27-28-29-31-34-35-38-41-44-47-59(64)71-50-56(62)51-73-78(67,68)74-52-57(63)53-75-79(69,70)76-55-58(77-61(66)49-46-43-40-37-32-21-18-15-12-9-6-3)54-72-60(65)48-45-42-39-36-33-30-23-20-17-14-11-8-5-2/h15-16,18-20,23-25,27-28,56-58,62-63H,4-14,17,21-22,26,29-55H2,1-3H3,(H,67,68)(H,69,70)/b18-15-,19-16-,23-20-,25-24-,28-27-. The van der Waals surface area contributed by atoms with Crippen LogP contribution in [-0.4, -0.2) is 95.9 Å². The molecule has 4 N–H and O–H groups in total. The summed E-state index contributed by atoms with van der Waals surface area (Å²) in [6.45, 7) is 2.53. The van der Waals surface area contributed by atoms with Crippen molar-refractivity contribution >= 4 is 33.6 Å². The van der Waals surface area contributed by atoms with E-state index in [0.717, 1.165) is 128 Å². The molecule has 0 saturated carbocycles. The van der Waals surface area contributed by atoms with Crippen molar-refractivity contribution in [3.8, 4) is 0 Å². The molecule has 0 aromatic carbocycles. The largest absolute Gasteiger partial charge is 0.472 e. The van der Waals surface area contributed by atoms with Crippen LogP contribution in [0.1, 0.15) is 252 Å². The summed E-state index contributed by atoms with van der Waals surface area (Å²) in [5.74, 6) is -1.60. The highest BCUT2D eigenvalue weighted by Gasteiger charge is 2.29. The van der Waals surface area contributed by atoms with Gasteiger partial charge in [0.05, 0.1) is 26.4 Å². The van der Waals surface area contributed by atoms with E-state index in [1.165, 1.54) is 64.2 Å². The molecule has 0 rings (SSSR count). The van der Waals surface area contributed by atoms with Gasteiger partial charge in [0.15, 0.2) is 6.10 Å². The number of phosphoric ester groups is 2. The molecule has 0 aromatic rings. The average molecular weight is 1160 g/mol. The van der Waals surface area contributed by atoms with Crippen molar-refractivity contribution in [3.63, 3.8) is 0 Å². The molecule has 0 aliphatic heterocycles. The minimum Gasteiger partial charge on any atom is -0.463 e. The second kappa shape index (κ2) is 55.8. The number of unbranched alkanes of at least 4 members (excludes halogenated alkanes) is 25. The molecule has 0 spiro atoms. The van der Waals surface area contributed by atoms with Crippen LogP contribution in [0.15, 0.2) is 60.8 Å². The molecule has 0 fully saturated rings. The van der Waals surface area contributed by atoms with E-state index in [2.05, 4.69) is 81.5 Å². The van der Waals surface area contributed by atoms with Gasteiger partial charge in [0.2, 0.25) is 0 Å². The summed E-state index contributed by atoms with van der Waals surface area (Å²) < 4.78 is 60.5. The Kier molecular flexibility index (Phi) is 53.8. The van der Waals surface area contributed by atoms with E-state index in [-0.39, 0.29) is 19.3 Å². The van der Waals surface area contributed by atoms with Crippen LogP contribution in [0, 0.1) is 0 Å². The number of carbonyl (C=O) groups excluding carboxylic acids is 3. The molecule has 0 aliphatic carbocycles. The van der Waals surface area contributed by atoms with Gasteiger partial charge in [-0.05, 0) is 103 Å². The molecule has 0 aromatic heterocycles. The number of aliphatic hydroxyl groups excluding tert-OH is 2. The maximum Gasteiger partial charge on any atom is 0.472 e. The summed E-state index contributed by atoms with van der Waals surface area (Å²) >= 11 is 0.